The number of ether oxygens (including phenoxy) is 1. The Morgan fingerprint density at radius 1 is 1.30 bits per heavy atom. The van der Waals surface area contributed by atoms with Crippen LogP contribution in [0.15, 0.2) is 53.2 Å². The third-order valence-corrected chi connectivity index (χ3v) is 2.84. The van der Waals surface area contributed by atoms with Crippen LogP contribution < -0.4 is 4.74 Å². The zero-order valence-electron chi connectivity index (χ0n) is 10.4. The Balaban J connectivity index is 1.86. The second kappa shape index (κ2) is 5.05. The average Bonchev–Trinajstić information content (AvgIpc) is 2.88. The largest absolute Gasteiger partial charge is 0.484 e. The van der Waals surface area contributed by atoms with E-state index in [1.54, 1.807) is 42.7 Å². The molecule has 0 aliphatic rings. The summed E-state index contributed by atoms with van der Waals surface area (Å²) in [7, 11) is 0. The van der Waals surface area contributed by atoms with E-state index in [0.717, 1.165) is 5.39 Å². The quantitative estimate of drug-likeness (QED) is 0.787. The molecule has 0 aliphatic heterocycles. The van der Waals surface area contributed by atoms with Gasteiger partial charge in [0.25, 0.3) is 0 Å². The number of furan rings is 1. The van der Waals surface area contributed by atoms with Gasteiger partial charge in [0, 0.05) is 11.6 Å². The number of carboxylic acids is 1. The Bertz CT molecular complexity index is 749. The highest BCUT2D eigenvalue weighted by Gasteiger charge is 2.13. The highest BCUT2D eigenvalue weighted by atomic mass is 16.5. The lowest BCUT2D eigenvalue weighted by Gasteiger charge is -2.02. The molecule has 1 N–H and O–H groups in total. The smallest absolute Gasteiger partial charge is 0.339 e. The Labute approximate surface area is 114 Å². The first-order valence-corrected chi connectivity index (χ1v) is 6.01. The van der Waals surface area contributed by atoms with Crippen molar-refractivity contribution in [1.82, 2.24) is 4.98 Å². The van der Waals surface area contributed by atoms with Crippen LogP contribution in [-0.2, 0) is 6.61 Å². The number of hydrogen-bond acceptors (Lipinski definition) is 4. The van der Waals surface area contributed by atoms with Crippen molar-refractivity contribution in [2.45, 2.75) is 6.61 Å². The van der Waals surface area contributed by atoms with Crippen LogP contribution in [0.25, 0.3) is 11.0 Å². The molecule has 2 aromatic heterocycles. The van der Waals surface area contributed by atoms with Gasteiger partial charge in [-0.3, -0.25) is 4.98 Å². The van der Waals surface area contributed by atoms with Crippen LogP contribution in [-0.4, -0.2) is 16.1 Å². The second-order valence-electron chi connectivity index (χ2n) is 4.22. The highest BCUT2D eigenvalue weighted by Crippen LogP contribution is 2.24. The Hall–Kier alpha value is -2.82. The predicted octanol–water partition coefficient (Wildman–Crippen LogP) is 3.11. The van der Waals surface area contributed by atoms with Crippen molar-refractivity contribution in [3.05, 3.63) is 60.1 Å². The number of nitrogens with zero attached hydrogens (tertiary/aromatic N) is 1. The summed E-state index contributed by atoms with van der Waals surface area (Å²) in [5.74, 6) is 0.189. The molecule has 0 amide bonds. The minimum atomic E-state index is -1.01. The van der Waals surface area contributed by atoms with Gasteiger partial charge in [-0.15, -0.1) is 0 Å². The lowest BCUT2D eigenvalue weighted by atomic mass is 10.1. The van der Waals surface area contributed by atoms with Gasteiger partial charge in [-0.25, -0.2) is 4.79 Å². The van der Waals surface area contributed by atoms with Crippen LogP contribution in [0.1, 0.15) is 16.1 Å². The van der Waals surface area contributed by atoms with Gasteiger partial charge < -0.3 is 14.3 Å². The number of pyridine rings is 1. The maximum absolute atomic E-state index is 11.1. The molecule has 5 heteroatoms. The molecule has 20 heavy (non-hydrogen) atoms. The summed E-state index contributed by atoms with van der Waals surface area (Å²) in [4.78, 5) is 15.0. The zero-order valence-corrected chi connectivity index (χ0v) is 10.4. The normalized spacial score (nSPS) is 10.6. The molecule has 0 saturated carbocycles. The summed E-state index contributed by atoms with van der Waals surface area (Å²) < 4.78 is 11.1. The van der Waals surface area contributed by atoms with Gasteiger partial charge in [0.1, 0.15) is 29.3 Å². The van der Waals surface area contributed by atoms with Gasteiger partial charge >= 0.3 is 5.97 Å². The molecule has 3 aromatic rings. The maximum Gasteiger partial charge on any atom is 0.339 e. The van der Waals surface area contributed by atoms with Crippen LogP contribution in [0.4, 0.5) is 0 Å². The lowest BCUT2D eigenvalue weighted by molar-refractivity contribution is 0.0697. The van der Waals surface area contributed by atoms with Gasteiger partial charge in [-0.1, -0.05) is 12.1 Å². The molecule has 0 atom stereocenters. The number of carboxylic acid groups (broad SMARTS) is 1. The fourth-order valence-corrected chi connectivity index (χ4v) is 1.94. The monoisotopic (exact) mass is 269 g/mol. The molecule has 0 bridgehead atoms. The van der Waals surface area contributed by atoms with Crippen molar-refractivity contribution in [1.29, 1.82) is 0 Å². The van der Waals surface area contributed by atoms with E-state index in [9.17, 15) is 4.79 Å². The summed E-state index contributed by atoms with van der Waals surface area (Å²) in [6.07, 6.45) is 3.26. The number of carbonyl (C=O) groups is 1. The molecule has 3 rings (SSSR count). The molecule has 0 spiro atoms. The molecule has 5 nitrogen and oxygen atoms in total. The first-order chi connectivity index (χ1) is 9.74. The summed E-state index contributed by atoms with van der Waals surface area (Å²) in [5.41, 5.74) is 0.514. The Morgan fingerprint density at radius 3 is 2.95 bits per heavy atom. The van der Waals surface area contributed by atoms with Gasteiger partial charge in [0.05, 0.1) is 6.20 Å². The van der Waals surface area contributed by atoms with Gasteiger partial charge in [0.15, 0.2) is 0 Å². The van der Waals surface area contributed by atoms with Crippen molar-refractivity contribution in [3.63, 3.8) is 0 Å². The van der Waals surface area contributed by atoms with Crippen LogP contribution in [0.5, 0.6) is 5.75 Å². The molecule has 0 unspecified atom stereocenters. The minimum absolute atomic E-state index is 0.148. The number of aromatic nitrogens is 1. The van der Waals surface area contributed by atoms with Gasteiger partial charge in [-0.2, -0.15) is 0 Å². The topological polar surface area (TPSA) is 72.6 Å². The van der Waals surface area contributed by atoms with Gasteiger partial charge in [-0.05, 0) is 24.3 Å². The van der Waals surface area contributed by atoms with E-state index in [0.29, 0.717) is 17.1 Å². The van der Waals surface area contributed by atoms with E-state index < -0.39 is 5.97 Å². The predicted molar refractivity (Wildman–Crippen MR) is 71.7 cm³/mol. The molecule has 0 saturated heterocycles. The zero-order chi connectivity index (χ0) is 13.9. The fourth-order valence-electron chi connectivity index (χ4n) is 1.94. The number of aromatic carboxylic acids is 1. The molecule has 1 aromatic carbocycles. The Kier molecular flexibility index (Phi) is 3.09. The average molecular weight is 269 g/mol. The standard InChI is InChI=1S/C15H11NO4/c17-15(18)13-5-1-3-10-7-12(20-14(10)13)9-19-11-4-2-6-16-8-11/h1-8H,9H2,(H,17,18). The van der Waals surface area contributed by atoms with Crippen molar-refractivity contribution in [2.24, 2.45) is 0 Å². The van der Waals surface area contributed by atoms with E-state index in [1.165, 1.54) is 6.07 Å². The summed E-state index contributed by atoms with van der Waals surface area (Å²) in [5, 5.41) is 9.85. The summed E-state index contributed by atoms with van der Waals surface area (Å²) in [6.45, 7) is 0.222. The molecule has 100 valence electrons. The number of benzene rings is 1. The summed E-state index contributed by atoms with van der Waals surface area (Å²) >= 11 is 0. The van der Waals surface area contributed by atoms with E-state index in [2.05, 4.69) is 4.98 Å². The van der Waals surface area contributed by atoms with Gasteiger partial charge in [0.2, 0.25) is 0 Å². The number of fused-ring (bicyclic) bond motifs is 1. The molecule has 0 fully saturated rings. The number of para-hydroxylation sites is 1. The second-order valence-corrected chi connectivity index (χ2v) is 4.22. The van der Waals surface area contributed by atoms with Crippen LogP contribution >= 0.6 is 0 Å². The minimum Gasteiger partial charge on any atom is -0.484 e. The van der Waals surface area contributed by atoms with E-state index in [4.69, 9.17) is 14.3 Å². The maximum atomic E-state index is 11.1. The fraction of sp³-hybridized carbons (Fsp3) is 0.0667. The van der Waals surface area contributed by atoms with E-state index in [-0.39, 0.29) is 12.2 Å². The van der Waals surface area contributed by atoms with Crippen molar-refractivity contribution < 1.29 is 19.1 Å². The molecule has 0 aliphatic carbocycles. The van der Waals surface area contributed by atoms with Crippen molar-refractivity contribution in [3.8, 4) is 5.75 Å². The first kappa shape index (κ1) is 12.2. The molecular weight excluding hydrogens is 258 g/mol. The molecule has 0 radical (unpaired) electrons. The third kappa shape index (κ3) is 2.33. The number of rotatable bonds is 4. The third-order valence-electron chi connectivity index (χ3n) is 2.84. The Morgan fingerprint density at radius 2 is 2.20 bits per heavy atom. The first-order valence-electron chi connectivity index (χ1n) is 6.01. The van der Waals surface area contributed by atoms with Crippen molar-refractivity contribution in [2.75, 3.05) is 0 Å². The summed E-state index contributed by atoms with van der Waals surface area (Å²) in [6, 6.07) is 10.3. The SMILES string of the molecule is O=C(O)c1cccc2cc(COc3cccnc3)oc12. The van der Waals surface area contributed by atoms with E-state index in [1.807, 2.05) is 0 Å². The van der Waals surface area contributed by atoms with Crippen LogP contribution in [0, 0.1) is 0 Å². The lowest BCUT2D eigenvalue weighted by Crippen LogP contribution is -1.95. The number of hydrogen-bond donors (Lipinski definition) is 1. The van der Waals surface area contributed by atoms with Crippen LogP contribution in [0.3, 0.4) is 0 Å². The molecular formula is C15H11NO4. The van der Waals surface area contributed by atoms with Crippen molar-refractivity contribution >= 4 is 16.9 Å². The van der Waals surface area contributed by atoms with Crippen LogP contribution in [0.2, 0.25) is 0 Å². The van der Waals surface area contributed by atoms with E-state index >= 15 is 0 Å². The molecule has 2 heterocycles. The highest BCUT2D eigenvalue weighted by molar-refractivity contribution is 6.01.